The van der Waals surface area contributed by atoms with E-state index in [2.05, 4.69) is 24.7 Å². The highest BCUT2D eigenvalue weighted by Gasteiger charge is 2.21. The summed E-state index contributed by atoms with van der Waals surface area (Å²) >= 11 is 0. The smallest absolute Gasteiger partial charge is 0.271 e. The number of hydrogen-bond acceptors (Lipinski definition) is 8. The second-order valence-electron chi connectivity index (χ2n) is 6.58. The highest BCUT2D eigenvalue weighted by Crippen LogP contribution is 2.24. The molecule has 0 bridgehead atoms. The van der Waals surface area contributed by atoms with Crippen molar-refractivity contribution in [2.75, 3.05) is 67.2 Å². The summed E-state index contributed by atoms with van der Waals surface area (Å²) in [5, 5.41) is 11.0. The van der Waals surface area contributed by atoms with Crippen molar-refractivity contribution in [2.45, 2.75) is 0 Å². The Hall–Kier alpha value is -2.94. The molecule has 1 aromatic carbocycles. The van der Waals surface area contributed by atoms with Crippen LogP contribution in [0.1, 0.15) is 0 Å². The maximum absolute atomic E-state index is 11.0. The summed E-state index contributed by atoms with van der Waals surface area (Å²) in [4.78, 5) is 26.1. The summed E-state index contributed by atoms with van der Waals surface area (Å²) in [5.41, 5.74) is 1.02. The number of ether oxygens (including phenoxy) is 1. The number of benzene rings is 1. The molecule has 142 valence electrons. The number of anilines is 3. The van der Waals surface area contributed by atoms with Gasteiger partial charge in [0.1, 0.15) is 18.0 Å². The largest absolute Gasteiger partial charge is 0.378 e. The Morgan fingerprint density at radius 1 is 0.889 bits per heavy atom. The first-order valence-electron chi connectivity index (χ1n) is 9.10. The Bertz CT molecular complexity index is 803. The number of nitro groups is 1. The van der Waals surface area contributed by atoms with Gasteiger partial charge >= 0.3 is 0 Å². The van der Waals surface area contributed by atoms with Gasteiger partial charge < -0.3 is 19.4 Å². The fourth-order valence-electron chi connectivity index (χ4n) is 3.47. The van der Waals surface area contributed by atoms with Gasteiger partial charge in [0.25, 0.3) is 5.69 Å². The van der Waals surface area contributed by atoms with E-state index in [0.717, 1.165) is 69.8 Å². The predicted molar refractivity (Wildman–Crippen MR) is 103 cm³/mol. The van der Waals surface area contributed by atoms with Gasteiger partial charge in [0.15, 0.2) is 0 Å². The molecule has 0 saturated carbocycles. The van der Waals surface area contributed by atoms with Crippen LogP contribution in [0.4, 0.5) is 23.0 Å². The Balaban J connectivity index is 1.42. The lowest BCUT2D eigenvalue weighted by Crippen LogP contribution is -2.47. The van der Waals surface area contributed by atoms with E-state index in [1.807, 2.05) is 12.1 Å². The number of nitrogens with zero attached hydrogens (tertiary/aromatic N) is 6. The minimum Gasteiger partial charge on any atom is -0.378 e. The van der Waals surface area contributed by atoms with Crippen LogP contribution in [0.3, 0.4) is 0 Å². The Morgan fingerprint density at radius 2 is 1.52 bits per heavy atom. The maximum Gasteiger partial charge on any atom is 0.271 e. The third-order valence-electron chi connectivity index (χ3n) is 4.98. The van der Waals surface area contributed by atoms with Crippen LogP contribution in [-0.2, 0) is 4.74 Å². The number of non-ortho nitro benzene ring substituents is 1. The van der Waals surface area contributed by atoms with E-state index in [-0.39, 0.29) is 10.6 Å². The lowest BCUT2D eigenvalue weighted by Gasteiger charge is -2.37. The van der Waals surface area contributed by atoms with Crippen molar-refractivity contribution in [1.29, 1.82) is 0 Å². The minimum absolute atomic E-state index is 0.126. The molecule has 9 heteroatoms. The van der Waals surface area contributed by atoms with Crippen LogP contribution in [0.25, 0.3) is 0 Å². The molecule has 0 atom stereocenters. The quantitative estimate of drug-likeness (QED) is 0.592. The van der Waals surface area contributed by atoms with E-state index < -0.39 is 0 Å². The van der Waals surface area contributed by atoms with Crippen LogP contribution >= 0.6 is 0 Å². The lowest BCUT2D eigenvalue weighted by molar-refractivity contribution is -0.384. The molecule has 0 spiro atoms. The molecule has 0 amide bonds. The molecule has 1 aromatic heterocycles. The predicted octanol–water partition coefficient (Wildman–Crippen LogP) is 1.55. The number of aromatic nitrogens is 2. The van der Waals surface area contributed by atoms with E-state index >= 15 is 0 Å². The summed E-state index contributed by atoms with van der Waals surface area (Å²) in [6.07, 6.45) is 1.62. The van der Waals surface area contributed by atoms with Gasteiger partial charge in [0.05, 0.1) is 18.1 Å². The molecule has 0 unspecified atom stereocenters. The van der Waals surface area contributed by atoms with E-state index in [9.17, 15) is 10.1 Å². The fraction of sp³-hybridized carbons (Fsp3) is 0.444. The molecule has 2 fully saturated rings. The topological polar surface area (TPSA) is 87.9 Å². The van der Waals surface area contributed by atoms with E-state index in [1.165, 1.54) is 6.07 Å². The number of piperazine rings is 1. The van der Waals surface area contributed by atoms with Crippen LogP contribution in [-0.4, -0.2) is 67.4 Å². The second-order valence-corrected chi connectivity index (χ2v) is 6.58. The van der Waals surface area contributed by atoms with Crippen molar-refractivity contribution in [3.63, 3.8) is 0 Å². The van der Waals surface area contributed by atoms with Gasteiger partial charge in [-0.15, -0.1) is 0 Å². The Kier molecular flexibility index (Phi) is 5.01. The summed E-state index contributed by atoms with van der Waals surface area (Å²) < 4.78 is 5.40. The molecule has 9 nitrogen and oxygen atoms in total. The summed E-state index contributed by atoms with van der Waals surface area (Å²) in [6.45, 7) is 6.33. The van der Waals surface area contributed by atoms with Gasteiger partial charge in [-0.2, -0.15) is 0 Å². The number of nitro benzene ring substituents is 1. The lowest BCUT2D eigenvalue weighted by atomic mass is 10.2. The molecule has 27 heavy (non-hydrogen) atoms. The van der Waals surface area contributed by atoms with Crippen molar-refractivity contribution in [3.05, 3.63) is 46.8 Å². The fourth-order valence-corrected chi connectivity index (χ4v) is 3.47. The zero-order chi connectivity index (χ0) is 18.6. The van der Waals surface area contributed by atoms with E-state index in [1.54, 1.807) is 18.5 Å². The Morgan fingerprint density at radius 3 is 2.19 bits per heavy atom. The first kappa shape index (κ1) is 17.5. The summed E-state index contributed by atoms with van der Waals surface area (Å²) in [5.74, 6) is 1.86. The van der Waals surface area contributed by atoms with Gasteiger partial charge in [-0.1, -0.05) is 6.07 Å². The SMILES string of the molecule is O=[N+]([O-])c1cccc(N2CCN(c3cc(N4CCOCC4)ncn3)CC2)c1. The molecular formula is C18H22N6O3. The van der Waals surface area contributed by atoms with Crippen LogP contribution in [0.5, 0.6) is 0 Å². The van der Waals surface area contributed by atoms with Gasteiger partial charge in [0, 0.05) is 63.2 Å². The van der Waals surface area contributed by atoms with Crippen molar-refractivity contribution >= 4 is 23.0 Å². The summed E-state index contributed by atoms with van der Waals surface area (Å²) in [7, 11) is 0. The zero-order valence-electron chi connectivity index (χ0n) is 15.0. The van der Waals surface area contributed by atoms with E-state index in [0.29, 0.717) is 0 Å². The van der Waals surface area contributed by atoms with Crippen LogP contribution in [0.2, 0.25) is 0 Å². The first-order chi connectivity index (χ1) is 13.2. The number of morpholine rings is 1. The van der Waals surface area contributed by atoms with Gasteiger partial charge in [0.2, 0.25) is 0 Å². The highest BCUT2D eigenvalue weighted by molar-refractivity contribution is 5.56. The molecule has 2 saturated heterocycles. The molecule has 3 heterocycles. The average molecular weight is 370 g/mol. The third kappa shape index (κ3) is 3.92. The second kappa shape index (κ2) is 7.75. The molecule has 0 radical (unpaired) electrons. The maximum atomic E-state index is 11.0. The molecule has 2 aromatic rings. The number of hydrogen-bond donors (Lipinski definition) is 0. The average Bonchev–Trinajstić information content (AvgIpc) is 2.75. The number of rotatable bonds is 4. The van der Waals surface area contributed by atoms with Gasteiger partial charge in [-0.05, 0) is 6.07 Å². The monoisotopic (exact) mass is 370 g/mol. The van der Waals surface area contributed by atoms with Crippen LogP contribution in [0, 0.1) is 10.1 Å². The minimum atomic E-state index is -0.353. The van der Waals surface area contributed by atoms with Crippen LogP contribution in [0.15, 0.2) is 36.7 Å². The standard InChI is InChI=1S/C18H22N6O3/c25-24(26)16-3-1-2-15(12-16)21-4-6-22(7-5-21)17-13-18(20-14-19-17)23-8-10-27-11-9-23/h1-3,12-14H,4-11H2. The molecule has 0 aliphatic carbocycles. The normalized spacial score (nSPS) is 17.9. The molecular weight excluding hydrogens is 348 g/mol. The Labute approximate surface area is 157 Å². The van der Waals surface area contributed by atoms with Crippen molar-refractivity contribution in [1.82, 2.24) is 9.97 Å². The summed E-state index contributed by atoms with van der Waals surface area (Å²) in [6, 6.07) is 8.85. The third-order valence-corrected chi connectivity index (χ3v) is 4.98. The van der Waals surface area contributed by atoms with Crippen molar-refractivity contribution < 1.29 is 9.66 Å². The van der Waals surface area contributed by atoms with E-state index in [4.69, 9.17) is 4.74 Å². The first-order valence-corrected chi connectivity index (χ1v) is 9.10. The zero-order valence-corrected chi connectivity index (χ0v) is 15.0. The van der Waals surface area contributed by atoms with Crippen molar-refractivity contribution in [3.8, 4) is 0 Å². The van der Waals surface area contributed by atoms with Gasteiger partial charge in [-0.3, -0.25) is 10.1 Å². The molecule has 4 rings (SSSR count). The highest BCUT2D eigenvalue weighted by atomic mass is 16.6. The van der Waals surface area contributed by atoms with Crippen molar-refractivity contribution in [2.24, 2.45) is 0 Å². The molecule has 0 N–H and O–H groups in total. The molecule has 2 aliphatic heterocycles. The molecule has 2 aliphatic rings. The van der Waals surface area contributed by atoms with Crippen LogP contribution < -0.4 is 14.7 Å². The van der Waals surface area contributed by atoms with Gasteiger partial charge in [-0.25, -0.2) is 9.97 Å².